The van der Waals surface area contributed by atoms with Crippen molar-refractivity contribution in [2.75, 3.05) is 5.32 Å². The van der Waals surface area contributed by atoms with Crippen LogP contribution in [-0.4, -0.2) is 15.9 Å². The summed E-state index contributed by atoms with van der Waals surface area (Å²) >= 11 is 1.63. The Hall–Kier alpha value is -2.27. The van der Waals surface area contributed by atoms with Crippen LogP contribution in [0.1, 0.15) is 40.7 Å². The summed E-state index contributed by atoms with van der Waals surface area (Å²) in [4.78, 5) is 23.3. The van der Waals surface area contributed by atoms with Crippen LogP contribution in [0.5, 0.6) is 0 Å². The molecule has 4 nitrogen and oxygen atoms in total. The molecule has 3 aromatic rings. The van der Waals surface area contributed by atoms with Gasteiger partial charge in [-0.15, -0.1) is 11.3 Å². The van der Waals surface area contributed by atoms with Gasteiger partial charge in [0.2, 0.25) is 5.91 Å². The molecule has 0 saturated heterocycles. The molecule has 4 rings (SSSR count). The Morgan fingerprint density at radius 1 is 1.27 bits per heavy atom. The minimum absolute atomic E-state index is 0.0209. The molecule has 0 bridgehead atoms. The number of hydrogen-bond acceptors (Lipinski definition) is 4. The maximum atomic E-state index is 12.6. The molecular weight excluding hydrogens is 342 g/mol. The molecule has 0 saturated carbocycles. The number of aryl methyl sites for hydroxylation is 3. The van der Waals surface area contributed by atoms with Crippen molar-refractivity contribution in [1.82, 2.24) is 9.97 Å². The van der Waals surface area contributed by atoms with E-state index >= 15 is 0 Å². The van der Waals surface area contributed by atoms with Crippen molar-refractivity contribution >= 4 is 33.3 Å². The van der Waals surface area contributed by atoms with Gasteiger partial charge in [-0.2, -0.15) is 0 Å². The van der Waals surface area contributed by atoms with E-state index < -0.39 is 0 Å². The number of pyridine rings is 1. The second kappa shape index (κ2) is 6.80. The molecule has 26 heavy (non-hydrogen) atoms. The Morgan fingerprint density at radius 3 is 2.92 bits per heavy atom. The van der Waals surface area contributed by atoms with Gasteiger partial charge < -0.3 is 5.32 Å². The predicted octanol–water partition coefficient (Wildman–Crippen LogP) is 4.61. The lowest BCUT2D eigenvalue weighted by molar-refractivity contribution is -0.115. The molecule has 0 fully saturated rings. The zero-order valence-electron chi connectivity index (χ0n) is 15.4. The summed E-state index contributed by atoms with van der Waals surface area (Å²) in [5.41, 5.74) is 5.21. The van der Waals surface area contributed by atoms with Crippen LogP contribution in [0.4, 0.5) is 5.13 Å². The van der Waals surface area contributed by atoms with E-state index in [9.17, 15) is 4.79 Å². The highest BCUT2D eigenvalue weighted by Crippen LogP contribution is 2.32. The highest BCUT2D eigenvalue weighted by molar-refractivity contribution is 7.15. The van der Waals surface area contributed by atoms with Gasteiger partial charge in [-0.3, -0.25) is 9.78 Å². The number of carbonyl (C=O) groups excluding carboxylic acids is 1. The molecule has 0 spiro atoms. The van der Waals surface area contributed by atoms with Crippen LogP contribution in [0.2, 0.25) is 0 Å². The van der Waals surface area contributed by atoms with Gasteiger partial charge in [0.25, 0.3) is 0 Å². The summed E-state index contributed by atoms with van der Waals surface area (Å²) in [6, 6.07) is 8.08. The highest BCUT2D eigenvalue weighted by atomic mass is 32.1. The normalized spacial score (nSPS) is 16.5. The van der Waals surface area contributed by atoms with Gasteiger partial charge in [0.1, 0.15) is 0 Å². The van der Waals surface area contributed by atoms with Crippen LogP contribution in [0, 0.1) is 19.8 Å². The average Bonchev–Trinajstić information content (AvgIpc) is 2.99. The first-order chi connectivity index (χ1) is 12.5. The number of thiazole rings is 1. The highest BCUT2D eigenvalue weighted by Gasteiger charge is 2.21. The van der Waals surface area contributed by atoms with Crippen molar-refractivity contribution in [3.63, 3.8) is 0 Å². The van der Waals surface area contributed by atoms with E-state index in [0.717, 1.165) is 45.7 Å². The van der Waals surface area contributed by atoms with Crippen LogP contribution in [0.3, 0.4) is 0 Å². The fourth-order valence-electron chi connectivity index (χ4n) is 3.75. The maximum Gasteiger partial charge on any atom is 0.230 e. The summed E-state index contributed by atoms with van der Waals surface area (Å²) in [5, 5.41) is 4.85. The Bertz CT molecular complexity index is 992. The van der Waals surface area contributed by atoms with Gasteiger partial charge in [-0.25, -0.2) is 4.98 Å². The molecule has 1 atom stereocenters. The molecule has 134 valence electrons. The Morgan fingerprint density at radius 2 is 2.08 bits per heavy atom. The van der Waals surface area contributed by atoms with Crippen LogP contribution < -0.4 is 5.32 Å². The first-order valence-corrected chi connectivity index (χ1v) is 9.96. The molecule has 5 heteroatoms. The zero-order chi connectivity index (χ0) is 18.3. The number of amides is 1. The fraction of sp³-hybridized carbons (Fsp3) is 0.381. The predicted molar refractivity (Wildman–Crippen MR) is 107 cm³/mol. The van der Waals surface area contributed by atoms with E-state index in [4.69, 9.17) is 0 Å². The molecular formula is C21H23N3OS. The summed E-state index contributed by atoms with van der Waals surface area (Å²) in [6.07, 6.45) is 3.62. The summed E-state index contributed by atoms with van der Waals surface area (Å²) < 4.78 is 0. The van der Waals surface area contributed by atoms with E-state index in [1.54, 1.807) is 11.3 Å². The molecule has 1 N–H and O–H groups in total. The molecule has 2 heterocycles. The molecule has 1 amide bonds. The number of benzene rings is 1. The molecule has 1 unspecified atom stereocenters. The van der Waals surface area contributed by atoms with E-state index in [-0.39, 0.29) is 5.91 Å². The van der Waals surface area contributed by atoms with Crippen molar-refractivity contribution in [2.45, 2.75) is 46.5 Å². The SMILES string of the molecule is Cc1nc2ccccc2c(C)c1CC(=O)Nc1nc2c(s1)CC(C)CC2. The molecule has 1 aliphatic rings. The number of anilines is 1. The minimum Gasteiger partial charge on any atom is -0.302 e. The number of nitrogens with one attached hydrogen (secondary N) is 1. The number of rotatable bonds is 3. The third-order valence-electron chi connectivity index (χ3n) is 5.26. The van der Waals surface area contributed by atoms with Crippen molar-refractivity contribution in [1.29, 1.82) is 0 Å². The van der Waals surface area contributed by atoms with Crippen LogP contribution in [0.25, 0.3) is 10.9 Å². The third kappa shape index (κ3) is 3.23. The summed E-state index contributed by atoms with van der Waals surface area (Å²) in [5.74, 6) is 0.688. The van der Waals surface area contributed by atoms with Crippen molar-refractivity contribution in [3.8, 4) is 0 Å². The first kappa shape index (κ1) is 17.2. The second-order valence-electron chi connectivity index (χ2n) is 7.28. The molecule has 2 aromatic heterocycles. The first-order valence-electron chi connectivity index (χ1n) is 9.14. The van der Waals surface area contributed by atoms with Gasteiger partial charge in [0, 0.05) is 16.0 Å². The zero-order valence-corrected chi connectivity index (χ0v) is 16.2. The Kier molecular flexibility index (Phi) is 4.49. The lowest BCUT2D eigenvalue weighted by Gasteiger charge is -2.15. The van der Waals surface area contributed by atoms with Crippen LogP contribution in [0.15, 0.2) is 24.3 Å². The van der Waals surface area contributed by atoms with Gasteiger partial charge >= 0.3 is 0 Å². The van der Waals surface area contributed by atoms with Gasteiger partial charge in [0.05, 0.1) is 17.6 Å². The van der Waals surface area contributed by atoms with Crippen molar-refractivity contribution < 1.29 is 4.79 Å². The molecule has 1 aromatic carbocycles. The van der Waals surface area contributed by atoms with Gasteiger partial charge in [0.15, 0.2) is 5.13 Å². The Labute approximate surface area is 157 Å². The van der Waals surface area contributed by atoms with Gasteiger partial charge in [-0.1, -0.05) is 25.1 Å². The van der Waals surface area contributed by atoms with Crippen LogP contribution >= 0.6 is 11.3 Å². The van der Waals surface area contributed by atoms with Crippen molar-refractivity contribution in [3.05, 3.63) is 51.7 Å². The van der Waals surface area contributed by atoms with E-state index in [0.29, 0.717) is 12.3 Å². The monoisotopic (exact) mass is 365 g/mol. The second-order valence-corrected chi connectivity index (χ2v) is 8.36. The largest absolute Gasteiger partial charge is 0.302 e. The lowest BCUT2D eigenvalue weighted by atomic mass is 9.93. The molecule has 0 aliphatic heterocycles. The standard InChI is InChI=1S/C21H23N3OS/c1-12-8-9-18-19(10-12)26-21(23-18)24-20(25)11-16-13(2)15-6-4-5-7-17(15)22-14(16)3/h4-7,12H,8-11H2,1-3H3,(H,23,24,25). The molecule has 1 aliphatic carbocycles. The van der Waals surface area contributed by atoms with Crippen LogP contribution in [-0.2, 0) is 24.1 Å². The fourth-order valence-corrected chi connectivity index (χ4v) is 4.94. The van der Waals surface area contributed by atoms with Gasteiger partial charge in [-0.05, 0) is 56.2 Å². The van der Waals surface area contributed by atoms with E-state index in [2.05, 4.69) is 35.2 Å². The number of carbonyl (C=O) groups is 1. The topological polar surface area (TPSA) is 54.9 Å². The number of nitrogens with zero attached hydrogens (tertiary/aromatic N) is 2. The Balaban J connectivity index is 1.55. The smallest absolute Gasteiger partial charge is 0.230 e. The lowest BCUT2D eigenvalue weighted by Crippen LogP contribution is -2.16. The average molecular weight is 366 g/mol. The summed E-state index contributed by atoms with van der Waals surface area (Å²) in [6.45, 7) is 6.33. The third-order valence-corrected chi connectivity index (χ3v) is 6.29. The number of fused-ring (bicyclic) bond motifs is 2. The quantitative estimate of drug-likeness (QED) is 0.737. The number of para-hydroxylation sites is 1. The molecule has 0 radical (unpaired) electrons. The number of hydrogen-bond donors (Lipinski definition) is 1. The van der Waals surface area contributed by atoms with E-state index in [1.807, 2.05) is 25.1 Å². The van der Waals surface area contributed by atoms with Crippen molar-refractivity contribution in [2.24, 2.45) is 5.92 Å². The minimum atomic E-state index is -0.0209. The van der Waals surface area contributed by atoms with E-state index in [1.165, 1.54) is 17.0 Å². The number of aromatic nitrogens is 2. The summed E-state index contributed by atoms with van der Waals surface area (Å²) in [7, 11) is 0. The maximum absolute atomic E-state index is 12.6.